The van der Waals surface area contributed by atoms with Crippen LogP contribution in [0.15, 0.2) is 28.8 Å². The molecule has 100 valence electrons. The first-order valence-electron chi connectivity index (χ1n) is 6.27. The Labute approximate surface area is 110 Å². The third-order valence-corrected chi connectivity index (χ3v) is 3.23. The number of halogens is 1. The lowest BCUT2D eigenvalue weighted by Crippen LogP contribution is -2.26. The van der Waals surface area contributed by atoms with Crippen molar-refractivity contribution in [3.63, 3.8) is 0 Å². The Kier molecular flexibility index (Phi) is 3.27. The average Bonchev–Trinajstić information content (AvgIpc) is 3.00. The van der Waals surface area contributed by atoms with Crippen LogP contribution in [0.4, 0.5) is 4.39 Å². The lowest BCUT2D eigenvalue weighted by Gasteiger charge is -2.11. The molecule has 2 N–H and O–H groups in total. The number of aromatic nitrogens is 2. The minimum Gasteiger partial charge on any atom is -0.334 e. The van der Waals surface area contributed by atoms with Crippen molar-refractivity contribution >= 4 is 0 Å². The van der Waals surface area contributed by atoms with Crippen LogP contribution >= 0.6 is 0 Å². The average molecular weight is 262 g/mol. The molecule has 1 fully saturated rings. The molecule has 2 aromatic rings. The molecule has 2 heterocycles. The summed E-state index contributed by atoms with van der Waals surface area (Å²) in [6, 6.07) is 6.23. The van der Waals surface area contributed by atoms with Crippen LogP contribution in [-0.4, -0.2) is 34.2 Å². The molecule has 6 heteroatoms. The Balaban J connectivity index is 1.71. The molecular weight excluding hydrogens is 247 g/mol. The van der Waals surface area contributed by atoms with Crippen molar-refractivity contribution in [1.29, 1.82) is 0 Å². The van der Waals surface area contributed by atoms with Gasteiger partial charge >= 0.3 is 0 Å². The second-order valence-electron chi connectivity index (χ2n) is 4.81. The highest BCUT2D eigenvalue weighted by Crippen LogP contribution is 2.18. The summed E-state index contributed by atoms with van der Waals surface area (Å²) in [7, 11) is 0. The normalized spacial score (nSPS) is 20.0. The molecule has 1 aromatic heterocycles. The number of nitrogens with zero attached hydrogens (tertiary/aromatic N) is 3. The molecule has 1 atom stereocenters. The number of likely N-dealkylation sites (tertiary alicyclic amines) is 1. The van der Waals surface area contributed by atoms with Gasteiger partial charge in [0, 0.05) is 24.7 Å². The van der Waals surface area contributed by atoms with Crippen LogP contribution in [0, 0.1) is 5.82 Å². The first-order chi connectivity index (χ1) is 9.20. The van der Waals surface area contributed by atoms with Crippen LogP contribution < -0.4 is 5.73 Å². The van der Waals surface area contributed by atoms with Crippen LogP contribution in [-0.2, 0) is 6.54 Å². The second-order valence-corrected chi connectivity index (χ2v) is 4.81. The predicted molar refractivity (Wildman–Crippen MR) is 67.6 cm³/mol. The maximum absolute atomic E-state index is 12.8. The van der Waals surface area contributed by atoms with Gasteiger partial charge in [-0.25, -0.2) is 4.39 Å². The van der Waals surface area contributed by atoms with Gasteiger partial charge in [-0.3, -0.25) is 4.90 Å². The van der Waals surface area contributed by atoms with Crippen LogP contribution in [0.3, 0.4) is 0 Å². The van der Waals surface area contributed by atoms with E-state index in [0.717, 1.165) is 25.1 Å². The minimum absolute atomic E-state index is 0.239. The van der Waals surface area contributed by atoms with E-state index in [0.29, 0.717) is 18.3 Å². The maximum Gasteiger partial charge on any atom is 0.257 e. The van der Waals surface area contributed by atoms with Gasteiger partial charge in [0.15, 0.2) is 5.82 Å². The van der Waals surface area contributed by atoms with E-state index in [1.807, 2.05) is 0 Å². The summed E-state index contributed by atoms with van der Waals surface area (Å²) in [5, 5.41) is 3.94. The van der Waals surface area contributed by atoms with Crippen molar-refractivity contribution in [3.8, 4) is 11.5 Å². The van der Waals surface area contributed by atoms with Gasteiger partial charge in [-0.15, -0.1) is 0 Å². The van der Waals surface area contributed by atoms with Gasteiger partial charge in [0.05, 0.1) is 6.54 Å². The molecule has 1 saturated heterocycles. The number of nitrogens with two attached hydrogens (primary N) is 1. The second kappa shape index (κ2) is 5.07. The lowest BCUT2D eigenvalue weighted by atomic mass is 10.2. The first kappa shape index (κ1) is 12.3. The van der Waals surface area contributed by atoms with Gasteiger partial charge in [0.1, 0.15) is 5.82 Å². The van der Waals surface area contributed by atoms with Crippen molar-refractivity contribution < 1.29 is 8.91 Å². The van der Waals surface area contributed by atoms with Crippen LogP contribution in [0.1, 0.15) is 12.2 Å². The Morgan fingerprint density at radius 3 is 2.84 bits per heavy atom. The van der Waals surface area contributed by atoms with E-state index in [9.17, 15) is 4.39 Å². The van der Waals surface area contributed by atoms with E-state index < -0.39 is 0 Å². The van der Waals surface area contributed by atoms with Gasteiger partial charge < -0.3 is 10.3 Å². The summed E-state index contributed by atoms with van der Waals surface area (Å²) in [5.74, 6) is 0.765. The monoisotopic (exact) mass is 262 g/mol. The lowest BCUT2D eigenvalue weighted by molar-refractivity contribution is 0.309. The first-order valence-corrected chi connectivity index (χ1v) is 6.27. The van der Waals surface area contributed by atoms with E-state index in [2.05, 4.69) is 15.0 Å². The largest absolute Gasteiger partial charge is 0.334 e. The van der Waals surface area contributed by atoms with Crippen molar-refractivity contribution in [1.82, 2.24) is 15.0 Å². The SMILES string of the molecule is N[C@@H]1CCN(Cc2noc(-c3ccc(F)cc3)n2)C1. The van der Waals surface area contributed by atoms with E-state index in [-0.39, 0.29) is 11.9 Å². The quantitative estimate of drug-likeness (QED) is 0.905. The Morgan fingerprint density at radius 2 is 2.16 bits per heavy atom. The van der Waals surface area contributed by atoms with Gasteiger partial charge in [-0.1, -0.05) is 5.16 Å². The summed E-state index contributed by atoms with van der Waals surface area (Å²) in [4.78, 5) is 6.51. The molecule has 1 aliphatic heterocycles. The van der Waals surface area contributed by atoms with Crippen LogP contribution in [0.5, 0.6) is 0 Å². The summed E-state index contributed by atoms with van der Waals surface area (Å²) in [5.41, 5.74) is 6.57. The van der Waals surface area contributed by atoms with Crippen molar-refractivity contribution in [2.24, 2.45) is 5.73 Å². The van der Waals surface area contributed by atoms with E-state index in [1.165, 1.54) is 12.1 Å². The highest BCUT2D eigenvalue weighted by molar-refractivity contribution is 5.52. The highest BCUT2D eigenvalue weighted by Gasteiger charge is 2.21. The minimum atomic E-state index is -0.283. The predicted octanol–water partition coefficient (Wildman–Crippen LogP) is 1.41. The molecule has 0 amide bonds. The molecule has 1 aromatic carbocycles. The summed E-state index contributed by atoms with van der Waals surface area (Å²) < 4.78 is 18.0. The molecule has 1 aliphatic rings. The molecule has 0 aliphatic carbocycles. The molecule has 19 heavy (non-hydrogen) atoms. The van der Waals surface area contributed by atoms with Crippen molar-refractivity contribution in [2.75, 3.05) is 13.1 Å². The van der Waals surface area contributed by atoms with Gasteiger partial charge in [-0.2, -0.15) is 4.98 Å². The highest BCUT2D eigenvalue weighted by atomic mass is 19.1. The van der Waals surface area contributed by atoms with Gasteiger partial charge in [0.2, 0.25) is 0 Å². The van der Waals surface area contributed by atoms with Crippen LogP contribution in [0.2, 0.25) is 0 Å². The van der Waals surface area contributed by atoms with E-state index >= 15 is 0 Å². The summed E-state index contributed by atoms with van der Waals surface area (Å²) >= 11 is 0. The van der Waals surface area contributed by atoms with Gasteiger partial charge in [0.25, 0.3) is 5.89 Å². The summed E-state index contributed by atoms with van der Waals surface area (Å²) in [6.45, 7) is 2.46. The van der Waals surface area contributed by atoms with Crippen molar-refractivity contribution in [3.05, 3.63) is 35.9 Å². The fourth-order valence-corrected chi connectivity index (χ4v) is 2.23. The van der Waals surface area contributed by atoms with Crippen LogP contribution in [0.25, 0.3) is 11.5 Å². The fraction of sp³-hybridized carbons (Fsp3) is 0.385. The molecule has 0 unspecified atom stereocenters. The number of benzene rings is 1. The van der Waals surface area contributed by atoms with E-state index in [1.54, 1.807) is 12.1 Å². The molecule has 0 radical (unpaired) electrons. The fourth-order valence-electron chi connectivity index (χ4n) is 2.23. The number of hydrogen-bond acceptors (Lipinski definition) is 5. The third-order valence-electron chi connectivity index (χ3n) is 3.23. The van der Waals surface area contributed by atoms with Gasteiger partial charge in [-0.05, 0) is 30.7 Å². The molecule has 0 saturated carbocycles. The van der Waals surface area contributed by atoms with E-state index in [4.69, 9.17) is 10.3 Å². The standard InChI is InChI=1S/C13H15FN4O/c14-10-3-1-9(2-4-10)13-16-12(17-19-13)8-18-6-5-11(15)7-18/h1-4,11H,5-8,15H2/t11-/m1/s1. The zero-order valence-electron chi connectivity index (χ0n) is 10.4. The molecule has 3 rings (SSSR count). The smallest absolute Gasteiger partial charge is 0.257 e. The summed E-state index contributed by atoms with van der Waals surface area (Å²) in [6.07, 6.45) is 1.00. The number of hydrogen-bond donors (Lipinski definition) is 1. The van der Waals surface area contributed by atoms with Crippen molar-refractivity contribution in [2.45, 2.75) is 19.0 Å². The Bertz CT molecular complexity index is 554. The zero-order valence-corrected chi connectivity index (χ0v) is 10.4. The molecule has 5 nitrogen and oxygen atoms in total. The molecular formula is C13H15FN4O. The Hall–Kier alpha value is -1.79. The maximum atomic E-state index is 12.8. The zero-order chi connectivity index (χ0) is 13.2. The topological polar surface area (TPSA) is 68.2 Å². The molecule has 0 spiro atoms. The molecule has 0 bridgehead atoms. The third kappa shape index (κ3) is 2.80. The number of rotatable bonds is 3. The Morgan fingerprint density at radius 1 is 1.37 bits per heavy atom.